The number of rotatable bonds is 5. The van der Waals surface area contributed by atoms with E-state index >= 15 is 0 Å². The highest BCUT2D eigenvalue weighted by Crippen LogP contribution is 2.18. The Morgan fingerprint density at radius 2 is 1.84 bits per heavy atom. The second kappa shape index (κ2) is 6.58. The van der Waals surface area contributed by atoms with Gasteiger partial charge in [-0.2, -0.15) is 0 Å². The lowest BCUT2D eigenvalue weighted by Gasteiger charge is -2.04. The Morgan fingerprint density at radius 1 is 1.11 bits per heavy atom. The smallest absolute Gasteiger partial charge is 0.167 e. The van der Waals surface area contributed by atoms with Gasteiger partial charge in [0.25, 0.3) is 0 Å². The number of ketones is 1. The van der Waals surface area contributed by atoms with Gasteiger partial charge in [-0.25, -0.2) is 0 Å². The lowest BCUT2D eigenvalue weighted by atomic mass is 10.0. The molecule has 0 aliphatic rings. The van der Waals surface area contributed by atoms with Gasteiger partial charge in [0.05, 0.1) is 0 Å². The predicted octanol–water partition coefficient (Wildman–Crippen LogP) is 4.53. The van der Waals surface area contributed by atoms with Gasteiger partial charge in [-0.3, -0.25) is 4.79 Å². The van der Waals surface area contributed by atoms with Crippen LogP contribution in [0.1, 0.15) is 28.4 Å². The molecule has 2 aromatic rings. The summed E-state index contributed by atoms with van der Waals surface area (Å²) in [7, 11) is 0. The fourth-order valence-electron chi connectivity index (χ4n) is 2.01. The van der Waals surface area contributed by atoms with Crippen LogP contribution in [-0.2, 0) is 6.42 Å². The molecule has 0 fully saturated rings. The van der Waals surface area contributed by atoms with Crippen LogP contribution in [0.3, 0.4) is 0 Å². The molecule has 0 spiro atoms. The molecular weight excluding hydrogens is 252 g/mol. The third-order valence-electron chi connectivity index (χ3n) is 2.93. The maximum Gasteiger partial charge on any atom is 0.167 e. The summed E-state index contributed by atoms with van der Waals surface area (Å²) in [6, 6.07) is 16.0. The Bertz CT molecular complexity index is 558. The van der Waals surface area contributed by atoms with E-state index in [1.54, 1.807) is 11.8 Å². The Hall–Kier alpha value is -1.54. The molecule has 0 bridgehead atoms. The molecule has 19 heavy (non-hydrogen) atoms. The Morgan fingerprint density at radius 3 is 2.47 bits per heavy atom. The van der Waals surface area contributed by atoms with Gasteiger partial charge >= 0.3 is 0 Å². The minimum atomic E-state index is 0.179. The molecule has 0 aliphatic carbocycles. The monoisotopic (exact) mass is 270 g/mol. The van der Waals surface area contributed by atoms with Crippen molar-refractivity contribution in [1.82, 2.24) is 0 Å². The van der Waals surface area contributed by atoms with Crippen molar-refractivity contribution in [3.05, 3.63) is 65.2 Å². The van der Waals surface area contributed by atoms with Crippen LogP contribution in [0.2, 0.25) is 0 Å². The summed E-state index contributed by atoms with van der Waals surface area (Å²) >= 11 is 1.79. The van der Waals surface area contributed by atoms with Crippen LogP contribution in [0, 0.1) is 6.92 Å². The average molecular weight is 270 g/mol. The van der Waals surface area contributed by atoms with Gasteiger partial charge in [-0.05, 0) is 30.4 Å². The maximum atomic E-state index is 12.2. The molecule has 2 rings (SSSR count). The highest BCUT2D eigenvalue weighted by atomic mass is 32.2. The summed E-state index contributed by atoms with van der Waals surface area (Å²) in [5.74, 6) is 1.23. The number of hydrogen-bond acceptors (Lipinski definition) is 2. The lowest BCUT2D eigenvalue weighted by Crippen LogP contribution is -2.03. The first-order chi connectivity index (χ1) is 9.19. The van der Waals surface area contributed by atoms with Gasteiger partial charge in [0.2, 0.25) is 0 Å². The van der Waals surface area contributed by atoms with Crippen LogP contribution in [-0.4, -0.2) is 11.5 Å². The zero-order valence-electron chi connectivity index (χ0n) is 11.3. The molecule has 2 heteroatoms. The molecule has 0 amide bonds. The predicted molar refractivity (Wildman–Crippen MR) is 82.1 cm³/mol. The van der Waals surface area contributed by atoms with E-state index in [-0.39, 0.29) is 5.78 Å². The van der Waals surface area contributed by atoms with E-state index in [4.69, 9.17) is 0 Å². The third-order valence-corrected chi connectivity index (χ3v) is 3.83. The van der Waals surface area contributed by atoms with Gasteiger partial charge in [0.1, 0.15) is 0 Å². The minimum Gasteiger partial charge on any atom is -0.294 e. The quantitative estimate of drug-likeness (QED) is 0.586. The standard InChI is InChI=1S/C17H18OS/c1-3-19-16-9-7-15(8-10-16)17(18)12-14-6-4-5-13(2)11-14/h4-11H,3,12H2,1-2H3. The number of carbonyl (C=O) groups is 1. The SMILES string of the molecule is CCSc1ccc(C(=O)Cc2cccc(C)c2)cc1. The largest absolute Gasteiger partial charge is 0.294 e. The van der Waals surface area contributed by atoms with Crippen molar-refractivity contribution in [3.8, 4) is 0 Å². The van der Waals surface area contributed by atoms with E-state index in [1.165, 1.54) is 10.5 Å². The summed E-state index contributed by atoms with van der Waals surface area (Å²) in [6.07, 6.45) is 0.474. The second-order valence-corrected chi connectivity index (χ2v) is 5.88. The number of carbonyl (C=O) groups excluding carboxylic acids is 1. The van der Waals surface area contributed by atoms with Gasteiger partial charge in [0.15, 0.2) is 5.78 Å². The van der Waals surface area contributed by atoms with E-state index in [2.05, 4.69) is 13.0 Å². The topological polar surface area (TPSA) is 17.1 Å². The lowest BCUT2D eigenvalue weighted by molar-refractivity contribution is 0.0993. The molecular formula is C17H18OS. The minimum absolute atomic E-state index is 0.179. The van der Waals surface area contributed by atoms with Crippen LogP contribution >= 0.6 is 11.8 Å². The van der Waals surface area contributed by atoms with Gasteiger partial charge in [-0.15, -0.1) is 11.8 Å². The number of hydrogen-bond donors (Lipinski definition) is 0. The highest BCUT2D eigenvalue weighted by molar-refractivity contribution is 7.99. The van der Waals surface area contributed by atoms with Gasteiger partial charge < -0.3 is 0 Å². The van der Waals surface area contributed by atoms with Crippen LogP contribution in [0.15, 0.2) is 53.4 Å². The second-order valence-electron chi connectivity index (χ2n) is 4.55. The molecule has 0 saturated heterocycles. The highest BCUT2D eigenvalue weighted by Gasteiger charge is 2.07. The van der Waals surface area contributed by atoms with E-state index in [1.807, 2.05) is 49.4 Å². The van der Waals surface area contributed by atoms with Crippen LogP contribution in [0.5, 0.6) is 0 Å². The maximum absolute atomic E-state index is 12.2. The van der Waals surface area contributed by atoms with Crippen LogP contribution in [0.25, 0.3) is 0 Å². The van der Waals surface area contributed by atoms with Crippen molar-refractivity contribution < 1.29 is 4.79 Å². The number of thioether (sulfide) groups is 1. The van der Waals surface area contributed by atoms with Crippen LogP contribution in [0.4, 0.5) is 0 Å². The summed E-state index contributed by atoms with van der Waals surface area (Å²) in [5.41, 5.74) is 3.07. The zero-order chi connectivity index (χ0) is 13.7. The van der Waals surface area contributed by atoms with Crippen molar-refractivity contribution in [2.75, 3.05) is 5.75 Å². The van der Waals surface area contributed by atoms with Gasteiger partial charge in [-0.1, -0.05) is 48.9 Å². The summed E-state index contributed by atoms with van der Waals surface area (Å²) in [5, 5.41) is 0. The molecule has 0 unspecified atom stereocenters. The molecule has 0 N–H and O–H groups in total. The molecule has 98 valence electrons. The molecule has 0 aliphatic heterocycles. The van der Waals surface area contributed by atoms with Crippen molar-refractivity contribution in [1.29, 1.82) is 0 Å². The first kappa shape index (κ1) is 13.9. The fraction of sp³-hybridized carbons (Fsp3) is 0.235. The van der Waals surface area contributed by atoms with Crippen molar-refractivity contribution in [3.63, 3.8) is 0 Å². The summed E-state index contributed by atoms with van der Waals surface area (Å²) < 4.78 is 0. The summed E-state index contributed by atoms with van der Waals surface area (Å²) in [4.78, 5) is 13.4. The molecule has 0 heterocycles. The van der Waals surface area contributed by atoms with Gasteiger partial charge in [0, 0.05) is 16.9 Å². The third kappa shape index (κ3) is 3.97. The van der Waals surface area contributed by atoms with Crippen molar-refractivity contribution in [2.45, 2.75) is 25.2 Å². The number of benzene rings is 2. The first-order valence-corrected chi connectivity index (χ1v) is 7.49. The summed E-state index contributed by atoms with van der Waals surface area (Å²) in [6.45, 7) is 4.17. The fourth-order valence-corrected chi connectivity index (χ4v) is 2.68. The van der Waals surface area contributed by atoms with E-state index in [0.717, 1.165) is 16.9 Å². The zero-order valence-corrected chi connectivity index (χ0v) is 12.2. The molecule has 1 nitrogen and oxygen atoms in total. The Balaban J connectivity index is 2.07. The van der Waals surface area contributed by atoms with Crippen molar-refractivity contribution in [2.24, 2.45) is 0 Å². The molecule has 0 aromatic heterocycles. The normalized spacial score (nSPS) is 10.4. The molecule has 2 aromatic carbocycles. The number of aryl methyl sites for hydroxylation is 1. The average Bonchev–Trinajstić information content (AvgIpc) is 2.40. The van der Waals surface area contributed by atoms with E-state index in [0.29, 0.717) is 6.42 Å². The molecule has 0 atom stereocenters. The van der Waals surface area contributed by atoms with Crippen LogP contribution < -0.4 is 0 Å². The Kier molecular flexibility index (Phi) is 4.80. The van der Waals surface area contributed by atoms with E-state index in [9.17, 15) is 4.79 Å². The first-order valence-electron chi connectivity index (χ1n) is 6.50. The van der Waals surface area contributed by atoms with Crippen molar-refractivity contribution >= 4 is 17.5 Å². The Labute approximate surface area is 119 Å². The molecule has 0 radical (unpaired) electrons. The molecule has 0 saturated carbocycles. The number of Topliss-reactive ketones (excluding diaryl/α,β-unsaturated/α-hetero) is 1. The van der Waals surface area contributed by atoms with E-state index < -0.39 is 0 Å².